The summed E-state index contributed by atoms with van der Waals surface area (Å²) >= 11 is 1.27. The topological polar surface area (TPSA) is 106 Å². The molecule has 0 bridgehead atoms. The molecule has 0 saturated carbocycles. The maximum Gasteiger partial charge on any atom is 0.245 e. The molecule has 1 unspecified atom stereocenters. The SMILES string of the molecule is CC(N)c1nc(N2CCOCC2)nn1-c1ncc(C#N)s1. The number of hydrogen-bond acceptors (Lipinski definition) is 8. The van der Waals surface area contributed by atoms with Crippen LogP contribution in [0.15, 0.2) is 6.20 Å². The van der Waals surface area contributed by atoms with E-state index in [1.807, 2.05) is 6.92 Å². The molecule has 1 atom stereocenters. The summed E-state index contributed by atoms with van der Waals surface area (Å²) in [5.74, 6) is 1.26. The van der Waals surface area contributed by atoms with Gasteiger partial charge >= 0.3 is 0 Å². The van der Waals surface area contributed by atoms with Crippen LogP contribution in [0.2, 0.25) is 0 Å². The van der Waals surface area contributed by atoms with Crippen molar-refractivity contribution in [3.8, 4) is 11.2 Å². The molecular weight excluding hydrogens is 290 g/mol. The Kier molecular flexibility index (Phi) is 3.83. The third-order valence-corrected chi connectivity index (χ3v) is 3.98. The number of rotatable bonds is 3. The number of nitriles is 1. The van der Waals surface area contributed by atoms with Gasteiger partial charge in [0.15, 0.2) is 5.82 Å². The zero-order valence-electron chi connectivity index (χ0n) is 11.6. The molecule has 1 aliphatic rings. The van der Waals surface area contributed by atoms with Crippen molar-refractivity contribution in [1.29, 1.82) is 5.26 Å². The molecule has 3 rings (SSSR count). The fourth-order valence-corrected chi connectivity index (χ4v) is 2.73. The minimum Gasteiger partial charge on any atom is -0.378 e. The fourth-order valence-electron chi connectivity index (χ4n) is 2.06. The molecule has 1 saturated heterocycles. The molecule has 0 radical (unpaired) electrons. The van der Waals surface area contributed by atoms with Crippen LogP contribution in [0.5, 0.6) is 0 Å². The van der Waals surface area contributed by atoms with E-state index in [-0.39, 0.29) is 6.04 Å². The third kappa shape index (κ3) is 2.73. The van der Waals surface area contributed by atoms with Crippen LogP contribution in [0.1, 0.15) is 23.7 Å². The second-order valence-corrected chi connectivity index (χ2v) is 5.70. The van der Waals surface area contributed by atoms with E-state index >= 15 is 0 Å². The second-order valence-electron chi connectivity index (χ2n) is 4.69. The molecule has 2 aromatic rings. The van der Waals surface area contributed by atoms with Gasteiger partial charge in [-0.3, -0.25) is 0 Å². The van der Waals surface area contributed by atoms with Crippen molar-refractivity contribution in [1.82, 2.24) is 19.7 Å². The highest BCUT2D eigenvalue weighted by atomic mass is 32.1. The maximum absolute atomic E-state index is 8.91. The average molecular weight is 305 g/mol. The molecule has 8 nitrogen and oxygen atoms in total. The number of morpholine rings is 1. The van der Waals surface area contributed by atoms with Gasteiger partial charge in [0.1, 0.15) is 10.9 Å². The molecule has 2 N–H and O–H groups in total. The van der Waals surface area contributed by atoms with Crippen LogP contribution in [-0.2, 0) is 4.74 Å². The Hall–Kier alpha value is -2.02. The van der Waals surface area contributed by atoms with E-state index in [1.165, 1.54) is 17.5 Å². The summed E-state index contributed by atoms with van der Waals surface area (Å²) in [5.41, 5.74) is 5.98. The van der Waals surface area contributed by atoms with Crippen molar-refractivity contribution in [2.75, 3.05) is 31.2 Å². The largest absolute Gasteiger partial charge is 0.378 e. The highest BCUT2D eigenvalue weighted by Crippen LogP contribution is 2.22. The van der Waals surface area contributed by atoms with E-state index in [2.05, 4.69) is 26.0 Å². The maximum atomic E-state index is 8.91. The number of aromatic nitrogens is 4. The number of hydrogen-bond donors (Lipinski definition) is 1. The van der Waals surface area contributed by atoms with Gasteiger partial charge in [-0.15, -0.1) is 5.10 Å². The van der Waals surface area contributed by atoms with Gasteiger partial charge < -0.3 is 15.4 Å². The number of thiazole rings is 1. The molecule has 1 aliphatic heterocycles. The van der Waals surface area contributed by atoms with Crippen LogP contribution >= 0.6 is 11.3 Å². The Bertz CT molecular complexity index is 665. The summed E-state index contributed by atoms with van der Waals surface area (Å²) in [6.07, 6.45) is 1.53. The predicted octanol–water partition coefficient (Wildman–Crippen LogP) is 0.452. The van der Waals surface area contributed by atoms with E-state index in [9.17, 15) is 0 Å². The fraction of sp³-hybridized carbons (Fsp3) is 0.500. The van der Waals surface area contributed by atoms with E-state index in [0.717, 1.165) is 13.1 Å². The van der Waals surface area contributed by atoms with Gasteiger partial charge in [0, 0.05) is 13.1 Å². The standard InChI is InChI=1S/C12H15N7OS/c1-8(14)10-16-11(18-2-4-20-5-3-18)17-19(10)12-15-7-9(6-13)21-12/h7-8H,2-5,14H2,1H3. The van der Waals surface area contributed by atoms with E-state index in [1.54, 1.807) is 4.68 Å². The molecule has 110 valence electrons. The molecule has 0 aliphatic carbocycles. The van der Waals surface area contributed by atoms with E-state index in [0.29, 0.717) is 35.0 Å². The molecule has 0 aromatic carbocycles. The number of anilines is 1. The van der Waals surface area contributed by atoms with Gasteiger partial charge in [0.05, 0.1) is 25.5 Å². The quantitative estimate of drug-likeness (QED) is 0.877. The normalized spacial score (nSPS) is 16.7. The van der Waals surface area contributed by atoms with Crippen molar-refractivity contribution in [2.24, 2.45) is 5.73 Å². The Balaban J connectivity index is 1.98. The summed E-state index contributed by atoms with van der Waals surface area (Å²) in [6.45, 7) is 4.69. The summed E-state index contributed by atoms with van der Waals surface area (Å²) in [6, 6.07) is 1.80. The van der Waals surface area contributed by atoms with Crippen LogP contribution in [0.4, 0.5) is 5.95 Å². The monoisotopic (exact) mass is 305 g/mol. The first-order valence-electron chi connectivity index (χ1n) is 6.60. The Morgan fingerprint density at radius 2 is 2.24 bits per heavy atom. The minimum absolute atomic E-state index is 0.276. The van der Waals surface area contributed by atoms with Gasteiger partial charge in [-0.2, -0.15) is 14.9 Å². The first-order chi connectivity index (χ1) is 10.2. The number of nitrogens with two attached hydrogens (primary N) is 1. The lowest BCUT2D eigenvalue weighted by molar-refractivity contribution is 0.122. The van der Waals surface area contributed by atoms with Gasteiger partial charge in [-0.25, -0.2) is 4.98 Å². The average Bonchev–Trinajstić information content (AvgIpc) is 3.14. The first-order valence-corrected chi connectivity index (χ1v) is 7.42. The Morgan fingerprint density at radius 1 is 1.48 bits per heavy atom. The molecule has 0 amide bonds. The number of ether oxygens (including phenoxy) is 1. The van der Waals surface area contributed by atoms with E-state index < -0.39 is 0 Å². The molecular formula is C12H15N7OS. The predicted molar refractivity (Wildman–Crippen MR) is 77.4 cm³/mol. The number of nitrogens with zero attached hydrogens (tertiary/aromatic N) is 6. The van der Waals surface area contributed by atoms with Crippen molar-refractivity contribution >= 4 is 17.3 Å². The van der Waals surface area contributed by atoms with E-state index in [4.69, 9.17) is 15.7 Å². The van der Waals surface area contributed by atoms with Crippen LogP contribution in [0.25, 0.3) is 5.13 Å². The lowest BCUT2D eigenvalue weighted by atomic mass is 10.3. The summed E-state index contributed by atoms with van der Waals surface area (Å²) < 4.78 is 6.96. The molecule has 3 heterocycles. The zero-order valence-corrected chi connectivity index (χ0v) is 12.4. The Morgan fingerprint density at radius 3 is 2.86 bits per heavy atom. The van der Waals surface area contributed by atoms with Gasteiger partial charge in [-0.05, 0) is 6.92 Å². The lowest BCUT2D eigenvalue weighted by Gasteiger charge is -2.25. The lowest BCUT2D eigenvalue weighted by Crippen LogP contribution is -2.37. The van der Waals surface area contributed by atoms with Gasteiger partial charge in [0.25, 0.3) is 0 Å². The van der Waals surface area contributed by atoms with Crippen molar-refractivity contribution in [2.45, 2.75) is 13.0 Å². The Labute approximate surface area is 125 Å². The molecule has 2 aromatic heterocycles. The summed E-state index contributed by atoms with van der Waals surface area (Å²) in [7, 11) is 0. The van der Waals surface area contributed by atoms with Crippen LogP contribution < -0.4 is 10.6 Å². The van der Waals surface area contributed by atoms with Crippen LogP contribution in [0, 0.1) is 11.3 Å². The first kappa shape index (κ1) is 13.9. The zero-order chi connectivity index (χ0) is 14.8. The van der Waals surface area contributed by atoms with Gasteiger partial charge in [-0.1, -0.05) is 11.3 Å². The van der Waals surface area contributed by atoms with Crippen molar-refractivity contribution in [3.63, 3.8) is 0 Å². The molecule has 0 spiro atoms. The smallest absolute Gasteiger partial charge is 0.245 e. The minimum atomic E-state index is -0.276. The summed E-state index contributed by atoms with van der Waals surface area (Å²) in [5, 5.41) is 14.0. The highest BCUT2D eigenvalue weighted by molar-refractivity contribution is 7.14. The van der Waals surface area contributed by atoms with Crippen LogP contribution in [-0.4, -0.2) is 46.1 Å². The second kappa shape index (κ2) is 5.77. The summed E-state index contributed by atoms with van der Waals surface area (Å²) in [4.78, 5) is 11.3. The molecule has 9 heteroatoms. The van der Waals surface area contributed by atoms with Crippen molar-refractivity contribution in [3.05, 3.63) is 16.9 Å². The highest BCUT2D eigenvalue weighted by Gasteiger charge is 2.22. The van der Waals surface area contributed by atoms with Crippen molar-refractivity contribution < 1.29 is 4.74 Å². The third-order valence-electron chi connectivity index (χ3n) is 3.11. The van der Waals surface area contributed by atoms with Crippen LogP contribution in [0.3, 0.4) is 0 Å². The molecule has 21 heavy (non-hydrogen) atoms. The molecule has 1 fully saturated rings. The van der Waals surface area contributed by atoms with Gasteiger partial charge in [0.2, 0.25) is 11.1 Å².